The highest BCUT2D eigenvalue weighted by molar-refractivity contribution is 7.89. The molecule has 1 unspecified atom stereocenters. The standard InChI is InChI=1S/C14H21N3O3S/c1-9-4-5-12(6-13(9)21(19,20)15-3)17-14(18)10(2)11-7-16-8-11/h4-6,10-11,15-16H,7-8H2,1-3H3,(H,17,18). The number of sulfonamides is 1. The minimum Gasteiger partial charge on any atom is -0.326 e. The Bertz CT molecular complexity index is 639. The number of hydrogen-bond acceptors (Lipinski definition) is 4. The van der Waals surface area contributed by atoms with Crippen LogP contribution in [0.25, 0.3) is 0 Å². The van der Waals surface area contributed by atoms with E-state index in [9.17, 15) is 13.2 Å². The molecule has 1 fully saturated rings. The molecule has 3 N–H and O–H groups in total. The zero-order valence-electron chi connectivity index (χ0n) is 12.4. The van der Waals surface area contributed by atoms with Crippen LogP contribution >= 0.6 is 0 Å². The predicted octanol–water partition coefficient (Wildman–Crippen LogP) is 0.697. The van der Waals surface area contributed by atoms with Crippen LogP contribution in [0.2, 0.25) is 0 Å². The van der Waals surface area contributed by atoms with E-state index in [-0.39, 0.29) is 16.7 Å². The average Bonchev–Trinajstić information content (AvgIpc) is 2.38. The third-order valence-electron chi connectivity index (χ3n) is 3.95. The van der Waals surface area contributed by atoms with Crippen molar-refractivity contribution in [3.8, 4) is 0 Å². The van der Waals surface area contributed by atoms with Crippen LogP contribution in [0.4, 0.5) is 5.69 Å². The van der Waals surface area contributed by atoms with Gasteiger partial charge >= 0.3 is 0 Å². The molecule has 1 heterocycles. The molecule has 0 aromatic heterocycles. The van der Waals surface area contributed by atoms with Gasteiger partial charge in [-0.25, -0.2) is 13.1 Å². The Morgan fingerprint density at radius 2 is 2.05 bits per heavy atom. The zero-order chi connectivity index (χ0) is 15.6. The molecule has 2 rings (SSSR count). The minimum atomic E-state index is -3.53. The van der Waals surface area contributed by atoms with Crippen molar-refractivity contribution in [2.75, 3.05) is 25.5 Å². The van der Waals surface area contributed by atoms with Crippen LogP contribution < -0.4 is 15.4 Å². The van der Waals surface area contributed by atoms with Gasteiger partial charge in [0.15, 0.2) is 0 Å². The van der Waals surface area contributed by atoms with Crippen LogP contribution in [0.15, 0.2) is 23.1 Å². The Kier molecular flexibility index (Phi) is 4.65. The smallest absolute Gasteiger partial charge is 0.240 e. The number of benzene rings is 1. The minimum absolute atomic E-state index is 0.0850. The van der Waals surface area contributed by atoms with E-state index >= 15 is 0 Å². The summed E-state index contributed by atoms with van der Waals surface area (Å²) in [5.74, 6) is 0.158. The largest absolute Gasteiger partial charge is 0.326 e. The molecule has 21 heavy (non-hydrogen) atoms. The van der Waals surface area contributed by atoms with Gasteiger partial charge in [-0.2, -0.15) is 0 Å². The van der Waals surface area contributed by atoms with Crippen molar-refractivity contribution in [3.63, 3.8) is 0 Å². The number of hydrogen-bond donors (Lipinski definition) is 3. The SMILES string of the molecule is CNS(=O)(=O)c1cc(NC(=O)C(C)C2CNC2)ccc1C. The van der Waals surface area contributed by atoms with Crippen molar-refractivity contribution in [1.29, 1.82) is 0 Å². The van der Waals surface area contributed by atoms with Crippen LogP contribution in [0, 0.1) is 18.8 Å². The topological polar surface area (TPSA) is 87.3 Å². The summed E-state index contributed by atoms with van der Waals surface area (Å²) in [6, 6.07) is 4.90. The second-order valence-corrected chi connectivity index (χ2v) is 7.24. The van der Waals surface area contributed by atoms with Crippen molar-refractivity contribution >= 4 is 21.6 Å². The van der Waals surface area contributed by atoms with Crippen molar-refractivity contribution in [2.24, 2.45) is 11.8 Å². The Balaban J connectivity index is 2.17. The molecule has 1 aromatic rings. The first-order valence-electron chi connectivity index (χ1n) is 6.91. The van der Waals surface area contributed by atoms with Crippen molar-refractivity contribution in [3.05, 3.63) is 23.8 Å². The Morgan fingerprint density at radius 3 is 2.57 bits per heavy atom. The second kappa shape index (κ2) is 6.13. The molecule has 0 radical (unpaired) electrons. The van der Waals surface area contributed by atoms with E-state index in [1.807, 2.05) is 6.92 Å². The van der Waals surface area contributed by atoms with Gasteiger partial charge in [0.05, 0.1) is 4.90 Å². The molecule has 6 nitrogen and oxygen atoms in total. The molecule has 1 aliphatic rings. The van der Waals surface area contributed by atoms with E-state index in [4.69, 9.17) is 0 Å². The highest BCUT2D eigenvalue weighted by Gasteiger charge is 2.28. The molecule has 1 saturated heterocycles. The lowest BCUT2D eigenvalue weighted by atomic mass is 9.88. The van der Waals surface area contributed by atoms with E-state index in [2.05, 4.69) is 15.4 Å². The number of carbonyl (C=O) groups excluding carboxylic acids is 1. The number of amides is 1. The maximum atomic E-state index is 12.2. The summed E-state index contributed by atoms with van der Waals surface area (Å²) in [6.07, 6.45) is 0. The summed E-state index contributed by atoms with van der Waals surface area (Å²) >= 11 is 0. The van der Waals surface area contributed by atoms with Gasteiger partial charge in [0.25, 0.3) is 0 Å². The Labute approximate surface area is 125 Å². The van der Waals surface area contributed by atoms with Crippen LogP contribution in [0.5, 0.6) is 0 Å². The van der Waals surface area contributed by atoms with Gasteiger partial charge in [-0.1, -0.05) is 13.0 Å². The van der Waals surface area contributed by atoms with Gasteiger partial charge in [-0.15, -0.1) is 0 Å². The van der Waals surface area contributed by atoms with Crippen molar-refractivity contribution in [1.82, 2.24) is 10.0 Å². The first-order valence-corrected chi connectivity index (χ1v) is 8.39. The van der Waals surface area contributed by atoms with E-state index < -0.39 is 10.0 Å². The monoisotopic (exact) mass is 311 g/mol. The molecule has 0 aliphatic carbocycles. The lowest BCUT2D eigenvalue weighted by Crippen LogP contribution is -2.48. The molecular formula is C14H21N3O3S. The first-order chi connectivity index (χ1) is 9.85. The number of aryl methyl sites for hydroxylation is 1. The van der Waals surface area contributed by atoms with Gasteiger partial charge in [0.2, 0.25) is 15.9 Å². The molecule has 0 spiro atoms. The van der Waals surface area contributed by atoms with Crippen LogP contribution in [-0.2, 0) is 14.8 Å². The van der Waals surface area contributed by atoms with Gasteiger partial charge < -0.3 is 10.6 Å². The van der Waals surface area contributed by atoms with E-state index in [1.165, 1.54) is 13.1 Å². The Morgan fingerprint density at radius 1 is 1.38 bits per heavy atom. The lowest BCUT2D eigenvalue weighted by Gasteiger charge is -2.31. The van der Waals surface area contributed by atoms with Crippen LogP contribution in [0.3, 0.4) is 0 Å². The number of rotatable bonds is 5. The average molecular weight is 311 g/mol. The fourth-order valence-electron chi connectivity index (χ4n) is 2.21. The first kappa shape index (κ1) is 15.9. The molecule has 1 amide bonds. The third-order valence-corrected chi connectivity index (χ3v) is 5.50. The lowest BCUT2D eigenvalue weighted by molar-refractivity contribution is -0.121. The zero-order valence-corrected chi connectivity index (χ0v) is 13.3. The van der Waals surface area contributed by atoms with E-state index in [1.54, 1.807) is 19.1 Å². The summed E-state index contributed by atoms with van der Waals surface area (Å²) < 4.78 is 26.1. The molecule has 0 bridgehead atoms. The fourth-order valence-corrected chi connectivity index (χ4v) is 3.21. The number of carbonyl (C=O) groups is 1. The molecule has 0 saturated carbocycles. The fraction of sp³-hybridized carbons (Fsp3) is 0.500. The molecule has 1 atom stereocenters. The summed E-state index contributed by atoms with van der Waals surface area (Å²) in [5, 5.41) is 5.93. The van der Waals surface area contributed by atoms with E-state index in [0.717, 1.165) is 13.1 Å². The highest BCUT2D eigenvalue weighted by atomic mass is 32.2. The summed E-state index contributed by atoms with van der Waals surface area (Å²) in [6.45, 7) is 5.31. The summed E-state index contributed by atoms with van der Waals surface area (Å²) in [7, 11) is -2.16. The van der Waals surface area contributed by atoms with Gasteiger partial charge in [0, 0.05) is 11.6 Å². The van der Waals surface area contributed by atoms with E-state index in [0.29, 0.717) is 17.2 Å². The van der Waals surface area contributed by atoms with Gasteiger partial charge in [-0.05, 0) is 50.7 Å². The van der Waals surface area contributed by atoms with Gasteiger partial charge in [0.1, 0.15) is 0 Å². The van der Waals surface area contributed by atoms with Crippen molar-refractivity contribution in [2.45, 2.75) is 18.7 Å². The normalized spacial score (nSPS) is 17.1. The molecular weight excluding hydrogens is 290 g/mol. The maximum Gasteiger partial charge on any atom is 0.240 e. The maximum absolute atomic E-state index is 12.2. The molecule has 1 aromatic carbocycles. The Hall–Kier alpha value is -1.44. The third kappa shape index (κ3) is 3.42. The molecule has 1 aliphatic heterocycles. The summed E-state index contributed by atoms with van der Waals surface area (Å²) in [4.78, 5) is 12.3. The number of anilines is 1. The number of nitrogens with one attached hydrogen (secondary N) is 3. The highest BCUT2D eigenvalue weighted by Crippen LogP contribution is 2.22. The van der Waals surface area contributed by atoms with Crippen molar-refractivity contribution < 1.29 is 13.2 Å². The van der Waals surface area contributed by atoms with Crippen LogP contribution in [0.1, 0.15) is 12.5 Å². The predicted molar refractivity (Wildman–Crippen MR) is 81.6 cm³/mol. The summed E-state index contributed by atoms with van der Waals surface area (Å²) in [5.41, 5.74) is 1.14. The quantitative estimate of drug-likeness (QED) is 0.747. The molecule has 7 heteroatoms. The molecule has 116 valence electrons. The van der Waals surface area contributed by atoms with Gasteiger partial charge in [-0.3, -0.25) is 4.79 Å². The van der Waals surface area contributed by atoms with Crippen LogP contribution in [-0.4, -0.2) is 34.5 Å². The second-order valence-electron chi connectivity index (χ2n) is 5.38.